The van der Waals surface area contributed by atoms with Crippen LogP contribution in [-0.2, 0) is 15.0 Å². The van der Waals surface area contributed by atoms with Crippen molar-refractivity contribution in [3.63, 3.8) is 0 Å². The summed E-state index contributed by atoms with van der Waals surface area (Å²) in [5.41, 5.74) is 1.29. The van der Waals surface area contributed by atoms with Crippen LogP contribution in [0.5, 0.6) is 0 Å². The van der Waals surface area contributed by atoms with Gasteiger partial charge < -0.3 is 10.2 Å². The highest BCUT2D eigenvalue weighted by atomic mass is 16.4. The molecule has 90 valence electrons. The zero-order valence-electron chi connectivity index (χ0n) is 9.73. The summed E-state index contributed by atoms with van der Waals surface area (Å²) in [7, 11) is 0. The van der Waals surface area contributed by atoms with Gasteiger partial charge in [0.25, 0.3) is 0 Å². The molecule has 1 aromatic carbocycles. The van der Waals surface area contributed by atoms with Gasteiger partial charge in [0.15, 0.2) is 0 Å². The molecule has 4 heteroatoms. The van der Waals surface area contributed by atoms with Crippen molar-refractivity contribution < 1.29 is 19.8 Å². The number of carboxylic acid groups (broad SMARTS) is 2. The van der Waals surface area contributed by atoms with E-state index in [0.29, 0.717) is 5.56 Å². The fraction of sp³-hybridized carbons (Fsp3) is 0.385. The Bertz CT molecular complexity index is 506. The summed E-state index contributed by atoms with van der Waals surface area (Å²) < 4.78 is 0. The molecule has 1 aliphatic carbocycles. The first-order chi connectivity index (χ1) is 7.89. The van der Waals surface area contributed by atoms with Crippen molar-refractivity contribution in [2.75, 3.05) is 0 Å². The van der Waals surface area contributed by atoms with Gasteiger partial charge in [-0.05, 0) is 31.4 Å². The fourth-order valence-electron chi connectivity index (χ4n) is 2.52. The summed E-state index contributed by atoms with van der Waals surface area (Å²) in [6.45, 7) is 3.75. The second-order valence-corrected chi connectivity index (χ2v) is 4.69. The molecule has 1 fully saturated rings. The molecular formula is C13H14O4. The van der Waals surface area contributed by atoms with Crippen LogP contribution in [0.4, 0.5) is 0 Å². The Morgan fingerprint density at radius 2 is 1.94 bits per heavy atom. The summed E-state index contributed by atoms with van der Waals surface area (Å²) in [6, 6.07) is 5.45. The summed E-state index contributed by atoms with van der Waals surface area (Å²) in [6.07, 6.45) is 0.182. The number of benzene rings is 1. The Morgan fingerprint density at radius 1 is 1.29 bits per heavy atom. The molecular weight excluding hydrogens is 220 g/mol. The zero-order valence-corrected chi connectivity index (χ0v) is 9.73. The molecule has 17 heavy (non-hydrogen) atoms. The third-order valence-corrected chi connectivity index (χ3v) is 3.50. The summed E-state index contributed by atoms with van der Waals surface area (Å²) in [4.78, 5) is 22.3. The molecule has 0 aliphatic heterocycles. The normalized spacial score (nSPS) is 26.6. The lowest BCUT2D eigenvalue weighted by molar-refractivity contribution is -0.145. The summed E-state index contributed by atoms with van der Waals surface area (Å²) in [5.74, 6) is -2.88. The molecule has 4 nitrogen and oxygen atoms in total. The van der Waals surface area contributed by atoms with Crippen LogP contribution in [0.25, 0.3) is 0 Å². The first-order valence-electron chi connectivity index (χ1n) is 5.43. The van der Waals surface area contributed by atoms with Crippen LogP contribution in [0, 0.1) is 19.8 Å². The van der Waals surface area contributed by atoms with Gasteiger partial charge in [0.1, 0.15) is 5.41 Å². The molecule has 0 spiro atoms. The largest absolute Gasteiger partial charge is 0.481 e. The van der Waals surface area contributed by atoms with Crippen molar-refractivity contribution >= 4 is 11.9 Å². The molecule has 2 rings (SSSR count). The van der Waals surface area contributed by atoms with Crippen LogP contribution in [0.15, 0.2) is 18.2 Å². The summed E-state index contributed by atoms with van der Waals surface area (Å²) >= 11 is 0. The van der Waals surface area contributed by atoms with Crippen molar-refractivity contribution in [1.29, 1.82) is 0 Å². The lowest BCUT2D eigenvalue weighted by atomic mass is 9.89. The van der Waals surface area contributed by atoms with Crippen LogP contribution >= 0.6 is 0 Å². The molecule has 0 amide bonds. The minimum atomic E-state index is -1.22. The number of carbonyl (C=O) groups is 2. The number of rotatable bonds is 3. The third kappa shape index (κ3) is 1.60. The molecule has 1 aliphatic rings. The molecule has 1 saturated carbocycles. The number of aryl methyl sites for hydroxylation is 2. The minimum absolute atomic E-state index is 0.182. The van der Waals surface area contributed by atoms with Crippen molar-refractivity contribution in [3.05, 3.63) is 34.9 Å². The van der Waals surface area contributed by atoms with Crippen LogP contribution < -0.4 is 0 Å². The highest BCUT2D eigenvalue weighted by molar-refractivity contribution is 5.95. The van der Waals surface area contributed by atoms with E-state index in [0.717, 1.165) is 11.1 Å². The third-order valence-electron chi connectivity index (χ3n) is 3.50. The average Bonchev–Trinajstić information content (AvgIpc) is 2.93. The number of carboxylic acids is 2. The van der Waals surface area contributed by atoms with E-state index in [1.54, 1.807) is 6.07 Å². The zero-order chi connectivity index (χ0) is 12.8. The number of aliphatic carboxylic acids is 2. The SMILES string of the molecule is Cc1ccc(C2(C(=O)O)CC2C(=O)O)c(C)c1. The van der Waals surface area contributed by atoms with Gasteiger partial charge in [0.05, 0.1) is 5.92 Å². The van der Waals surface area contributed by atoms with Crippen molar-refractivity contribution in [1.82, 2.24) is 0 Å². The Morgan fingerprint density at radius 3 is 2.35 bits per heavy atom. The van der Waals surface area contributed by atoms with Crippen molar-refractivity contribution in [3.8, 4) is 0 Å². The summed E-state index contributed by atoms with van der Waals surface area (Å²) in [5, 5.41) is 18.3. The lowest BCUT2D eigenvalue weighted by Gasteiger charge is -2.15. The van der Waals surface area contributed by atoms with Crippen LogP contribution in [0.1, 0.15) is 23.1 Å². The molecule has 0 heterocycles. The van der Waals surface area contributed by atoms with E-state index < -0.39 is 23.3 Å². The lowest BCUT2D eigenvalue weighted by Crippen LogP contribution is -2.26. The number of hydrogen-bond acceptors (Lipinski definition) is 2. The van der Waals surface area contributed by atoms with Gasteiger partial charge in [-0.3, -0.25) is 9.59 Å². The quantitative estimate of drug-likeness (QED) is 0.835. The standard InChI is InChI=1S/C13H14O4/c1-7-3-4-9(8(2)5-7)13(12(16)17)6-10(13)11(14)15/h3-5,10H,6H2,1-2H3,(H,14,15)(H,16,17). The van der Waals surface area contributed by atoms with E-state index in [1.165, 1.54) is 0 Å². The highest BCUT2D eigenvalue weighted by Gasteiger charge is 2.66. The van der Waals surface area contributed by atoms with Gasteiger partial charge in [-0.2, -0.15) is 0 Å². The molecule has 0 radical (unpaired) electrons. The van der Waals surface area contributed by atoms with Crippen molar-refractivity contribution in [2.24, 2.45) is 5.92 Å². The highest BCUT2D eigenvalue weighted by Crippen LogP contribution is 2.55. The molecule has 2 atom stereocenters. The van der Waals surface area contributed by atoms with E-state index in [4.69, 9.17) is 5.11 Å². The van der Waals surface area contributed by atoms with Gasteiger partial charge in [-0.15, -0.1) is 0 Å². The Labute approximate surface area is 98.9 Å². The van der Waals surface area contributed by atoms with E-state index >= 15 is 0 Å². The Hall–Kier alpha value is -1.84. The van der Waals surface area contributed by atoms with Crippen LogP contribution in [0.2, 0.25) is 0 Å². The second-order valence-electron chi connectivity index (χ2n) is 4.69. The number of hydrogen-bond donors (Lipinski definition) is 2. The maximum absolute atomic E-state index is 11.4. The smallest absolute Gasteiger partial charge is 0.315 e. The maximum atomic E-state index is 11.4. The first-order valence-corrected chi connectivity index (χ1v) is 5.43. The van der Waals surface area contributed by atoms with Gasteiger partial charge in [-0.1, -0.05) is 23.8 Å². The molecule has 0 bridgehead atoms. The predicted molar refractivity (Wildman–Crippen MR) is 61.0 cm³/mol. The molecule has 1 aromatic rings. The molecule has 2 N–H and O–H groups in total. The Kier molecular flexibility index (Phi) is 2.45. The topological polar surface area (TPSA) is 74.6 Å². The first kappa shape index (κ1) is 11.6. The Balaban J connectivity index is 2.50. The van der Waals surface area contributed by atoms with E-state index in [1.807, 2.05) is 26.0 Å². The van der Waals surface area contributed by atoms with Gasteiger partial charge in [-0.25, -0.2) is 0 Å². The minimum Gasteiger partial charge on any atom is -0.481 e. The fourth-order valence-corrected chi connectivity index (χ4v) is 2.52. The van der Waals surface area contributed by atoms with Crippen molar-refractivity contribution in [2.45, 2.75) is 25.7 Å². The maximum Gasteiger partial charge on any atom is 0.315 e. The average molecular weight is 234 g/mol. The molecule has 0 saturated heterocycles. The van der Waals surface area contributed by atoms with Gasteiger partial charge in [0.2, 0.25) is 0 Å². The van der Waals surface area contributed by atoms with E-state index in [2.05, 4.69) is 0 Å². The van der Waals surface area contributed by atoms with Gasteiger partial charge >= 0.3 is 11.9 Å². The predicted octanol–water partition coefficient (Wildman–Crippen LogP) is 1.73. The van der Waals surface area contributed by atoms with Gasteiger partial charge in [0, 0.05) is 0 Å². The second kappa shape index (κ2) is 3.58. The monoisotopic (exact) mass is 234 g/mol. The van der Waals surface area contributed by atoms with Crippen LogP contribution in [0.3, 0.4) is 0 Å². The van der Waals surface area contributed by atoms with Crippen LogP contribution in [-0.4, -0.2) is 22.2 Å². The van der Waals surface area contributed by atoms with E-state index in [9.17, 15) is 14.7 Å². The molecule has 2 unspecified atom stereocenters. The molecule has 0 aromatic heterocycles. The van der Waals surface area contributed by atoms with E-state index in [-0.39, 0.29) is 6.42 Å².